The molecular weight excluding hydrogens is 218 g/mol. The molecule has 0 aromatic heterocycles. The molecule has 0 heterocycles. The summed E-state index contributed by atoms with van der Waals surface area (Å²) >= 11 is 0. The normalized spacial score (nSPS) is 9.24. The van der Waals surface area contributed by atoms with Crippen molar-refractivity contribution < 1.29 is 14.6 Å². The molecule has 0 aliphatic rings. The van der Waals surface area contributed by atoms with Gasteiger partial charge < -0.3 is 19.9 Å². The van der Waals surface area contributed by atoms with Gasteiger partial charge in [0.15, 0.2) is 11.5 Å². The van der Waals surface area contributed by atoms with Gasteiger partial charge in [0.05, 0.1) is 14.2 Å². The van der Waals surface area contributed by atoms with Crippen LogP contribution in [0.3, 0.4) is 0 Å². The predicted octanol–water partition coefficient (Wildman–Crippen LogP) is 1.46. The summed E-state index contributed by atoms with van der Waals surface area (Å²) in [6, 6.07) is 5.62. The number of aliphatic hydroxyl groups is 1. The Morgan fingerprint density at radius 2 is 1.76 bits per heavy atom. The zero-order valence-corrected chi connectivity index (χ0v) is 11.1. The van der Waals surface area contributed by atoms with Crippen LogP contribution < -0.4 is 14.8 Å². The number of rotatable bonds is 5. The molecule has 0 unspecified atom stereocenters. The Morgan fingerprint density at radius 1 is 1.18 bits per heavy atom. The van der Waals surface area contributed by atoms with Crippen molar-refractivity contribution >= 4 is 0 Å². The Hall–Kier alpha value is -1.26. The van der Waals surface area contributed by atoms with Gasteiger partial charge in [0.1, 0.15) is 0 Å². The van der Waals surface area contributed by atoms with E-state index in [2.05, 4.69) is 12.2 Å². The number of hydrogen-bond donors (Lipinski definition) is 2. The largest absolute Gasteiger partial charge is 0.493 e. The first kappa shape index (κ1) is 15.7. The van der Waals surface area contributed by atoms with Crippen LogP contribution in [0.1, 0.15) is 12.5 Å². The van der Waals surface area contributed by atoms with Gasteiger partial charge in [-0.1, -0.05) is 13.0 Å². The highest BCUT2D eigenvalue weighted by Crippen LogP contribution is 2.27. The third-order valence-corrected chi connectivity index (χ3v) is 2.20. The van der Waals surface area contributed by atoms with Crippen LogP contribution in [0.15, 0.2) is 18.2 Å². The molecule has 1 aromatic carbocycles. The highest BCUT2D eigenvalue weighted by Gasteiger charge is 2.03. The highest BCUT2D eigenvalue weighted by molar-refractivity contribution is 5.42. The average Bonchev–Trinajstić information content (AvgIpc) is 2.39. The van der Waals surface area contributed by atoms with E-state index in [0.717, 1.165) is 12.1 Å². The maximum Gasteiger partial charge on any atom is 0.160 e. The first-order chi connectivity index (χ1) is 8.23. The van der Waals surface area contributed by atoms with Crippen LogP contribution in [0.5, 0.6) is 11.5 Å². The second-order valence-corrected chi connectivity index (χ2v) is 3.37. The van der Waals surface area contributed by atoms with Crippen molar-refractivity contribution in [3.63, 3.8) is 0 Å². The quantitative estimate of drug-likeness (QED) is 0.819. The van der Waals surface area contributed by atoms with Crippen molar-refractivity contribution in [1.82, 2.24) is 5.32 Å². The van der Waals surface area contributed by atoms with Gasteiger partial charge in [0.2, 0.25) is 0 Å². The summed E-state index contributed by atoms with van der Waals surface area (Å²) in [7, 11) is 5.13. The van der Waals surface area contributed by atoms with E-state index in [-0.39, 0.29) is 6.61 Å². The SMILES string of the molecule is CCNC.COc1ccc(CCO)cc1OC. The number of aliphatic hydroxyl groups excluding tert-OH is 1. The first-order valence-electron chi connectivity index (χ1n) is 5.69. The minimum absolute atomic E-state index is 0.148. The first-order valence-corrected chi connectivity index (χ1v) is 5.69. The van der Waals surface area contributed by atoms with Crippen LogP contribution >= 0.6 is 0 Å². The van der Waals surface area contributed by atoms with E-state index >= 15 is 0 Å². The van der Waals surface area contributed by atoms with Crippen LogP contribution in [-0.4, -0.2) is 39.5 Å². The van der Waals surface area contributed by atoms with Gasteiger partial charge in [-0.25, -0.2) is 0 Å². The number of hydrogen-bond acceptors (Lipinski definition) is 4. The van der Waals surface area contributed by atoms with Gasteiger partial charge in [0.25, 0.3) is 0 Å². The van der Waals surface area contributed by atoms with Gasteiger partial charge in [-0.2, -0.15) is 0 Å². The Kier molecular flexibility index (Phi) is 9.19. The van der Waals surface area contributed by atoms with E-state index in [0.29, 0.717) is 17.9 Å². The van der Waals surface area contributed by atoms with E-state index in [1.807, 2.05) is 25.2 Å². The lowest BCUT2D eigenvalue weighted by molar-refractivity contribution is 0.299. The Bertz CT molecular complexity index is 301. The molecule has 1 aromatic rings. The van der Waals surface area contributed by atoms with Crippen LogP contribution in [-0.2, 0) is 6.42 Å². The minimum atomic E-state index is 0.148. The maximum atomic E-state index is 8.74. The molecule has 0 aliphatic carbocycles. The molecule has 0 saturated carbocycles. The number of methoxy groups -OCH3 is 2. The van der Waals surface area contributed by atoms with Crippen LogP contribution in [0.2, 0.25) is 0 Å². The van der Waals surface area contributed by atoms with Crippen molar-refractivity contribution in [1.29, 1.82) is 0 Å². The van der Waals surface area contributed by atoms with Crippen LogP contribution in [0.25, 0.3) is 0 Å². The summed E-state index contributed by atoms with van der Waals surface area (Å²) in [5, 5.41) is 11.7. The van der Waals surface area contributed by atoms with Crippen LogP contribution in [0, 0.1) is 0 Å². The number of nitrogens with one attached hydrogen (secondary N) is 1. The zero-order valence-electron chi connectivity index (χ0n) is 11.1. The van der Waals surface area contributed by atoms with Crippen molar-refractivity contribution in [2.75, 3.05) is 34.4 Å². The van der Waals surface area contributed by atoms with E-state index in [9.17, 15) is 0 Å². The maximum absolute atomic E-state index is 8.74. The topological polar surface area (TPSA) is 50.7 Å². The summed E-state index contributed by atoms with van der Waals surface area (Å²) < 4.78 is 10.2. The van der Waals surface area contributed by atoms with Gasteiger partial charge in [0, 0.05) is 6.61 Å². The Morgan fingerprint density at radius 3 is 2.18 bits per heavy atom. The standard InChI is InChI=1S/C10H14O3.C3H9N/c1-12-9-4-3-8(5-6-11)7-10(9)13-2;1-3-4-2/h3-4,7,11H,5-6H2,1-2H3;4H,3H2,1-2H3. The summed E-state index contributed by atoms with van der Waals surface area (Å²) in [4.78, 5) is 0. The highest BCUT2D eigenvalue weighted by atomic mass is 16.5. The lowest BCUT2D eigenvalue weighted by atomic mass is 10.1. The number of ether oxygens (including phenoxy) is 2. The van der Waals surface area contributed by atoms with Gasteiger partial charge >= 0.3 is 0 Å². The molecule has 4 nitrogen and oxygen atoms in total. The molecule has 17 heavy (non-hydrogen) atoms. The molecule has 0 spiro atoms. The molecule has 0 radical (unpaired) electrons. The molecule has 2 N–H and O–H groups in total. The summed E-state index contributed by atoms with van der Waals surface area (Å²) in [5.41, 5.74) is 1.04. The number of benzene rings is 1. The molecule has 4 heteroatoms. The minimum Gasteiger partial charge on any atom is -0.493 e. The zero-order chi connectivity index (χ0) is 13.1. The summed E-state index contributed by atoms with van der Waals surface area (Å²) in [6.07, 6.45) is 0.639. The fourth-order valence-electron chi connectivity index (χ4n) is 1.17. The molecule has 1 rings (SSSR count). The van der Waals surface area contributed by atoms with Crippen molar-refractivity contribution in [3.05, 3.63) is 23.8 Å². The summed E-state index contributed by atoms with van der Waals surface area (Å²) in [6.45, 7) is 3.29. The molecular formula is C13H23NO3. The van der Waals surface area contributed by atoms with E-state index in [1.54, 1.807) is 14.2 Å². The Balaban J connectivity index is 0.000000557. The smallest absolute Gasteiger partial charge is 0.160 e. The molecule has 0 fully saturated rings. The van der Waals surface area contributed by atoms with Gasteiger partial charge in [-0.15, -0.1) is 0 Å². The van der Waals surface area contributed by atoms with E-state index < -0.39 is 0 Å². The molecule has 0 bridgehead atoms. The second kappa shape index (κ2) is 9.93. The molecule has 0 saturated heterocycles. The lowest BCUT2D eigenvalue weighted by Crippen LogP contribution is -2.01. The van der Waals surface area contributed by atoms with Crippen molar-refractivity contribution in [2.24, 2.45) is 0 Å². The van der Waals surface area contributed by atoms with Crippen LogP contribution in [0.4, 0.5) is 0 Å². The fourth-order valence-corrected chi connectivity index (χ4v) is 1.17. The summed E-state index contributed by atoms with van der Waals surface area (Å²) in [5.74, 6) is 1.41. The van der Waals surface area contributed by atoms with Gasteiger partial charge in [-0.05, 0) is 37.7 Å². The average molecular weight is 241 g/mol. The monoisotopic (exact) mass is 241 g/mol. The fraction of sp³-hybridized carbons (Fsp3) is 0.538. The van der Waals surface area contributed by atoms with Crippen molar-refractivity contribution in [2.45, 2.75) is 13.3 Å². The third kappa shape index (κ3) is 6.14. The van der Waals surface area contributed by atoms with Crippen molar-refractivity contribution in [3.8, 4) is 11.5 Å². The third-order valence-electron chi connectivity index (χ3n) is 2.20. The molecule has 0 amide bonds. The lowest BCUT2D eigenvalue weighted by Gasteiger charge is -2.08. The van der Waals surface area contributed by atoms with Gasteiger partial charge in [-0.3, -0.25) is 0 Å². The predicted molar refractivity (Wildman–Crippen MR) is 69.9 cm³/mol. The Labute approximate surface area is 104 Å². The molecule has 98 valence electrons. The molecule has 0 atom stereocenters. The van der Waals surface area contributed by atoms with E-state index in [4.69, 9.17) is 14.6 Å². The molecule has 0 aliphatic heterocycles. The van der Waals surface area contributed by atoms with E-state index in [1.165, 1.54) is 0 Å². The second-order valence-electron chi connectivity index (χ2n) is 3.37.